The van der Waals surface area contributed by atoms with Gasteiger partial charge < -0.3 is 10.1 Å². The molecular weight excluding hydrogens is 140 g/mol. The number of hydrogen-bond acceptors (Lipinski definition) is 3. The first-order valence-corrected chi connectivity index (χ1v) is 4.41. The molecule has 0 spiro atoms. The molecule has 3 saturated heterocycles. The molecule has 3 nitrogen and oxygen atoms in total. The minimum atomic E-state index is 0.561. The van der Waals surface area contributed by atoms with Gasteiger partial charge >= 0.3 is 0 Å². The number of fused-ring (bicyclic) bond motifs is 2. The Morgan fingerprint density at radius 3 is 2.64 bits per heavy atom. The molecular formula is C8H16N2O. The van der Waals surface area contributed by atoms with Crippen molar-refractivity contribution >= 4 is 0 Å². The molecule has 0 aliphatic carbocycles. The molecule has 2 bridgehead atoms. The van der Waals surface area contributed by atoms with Crippen LogP contribution in [0.3, 0.4) is 0 Å². The van der Waals surface area contributed by atoms with E-state index in [1.54, 1.807) is 0 Å². The van der Waals surface area contributed by atoms with Crippen LogP contribution in [0.1, 0.15) is 6.42 Å². The Labute approximate surface area is 67.7 Å². The van der Waals surface area contributed by atoms with E-state index < -0.39 is 0 Å². The normalized spacial score (nSPS) is 36.8. The summed E-state index contributed by atoms with van der Waals surface area (Å²) >= 11 is 0. The summed E-state index contributed by atoms with van der Waals surface area (Å²) in [5, 5.41) is 3.16. The van der Waals surface area contributed by atoms with Crippen molar-refractivity contribution < 1.29 is 4.74 Å². The summed E-state index contributed by atoms with van der Waals surface area (Å²) in [5.41, 5.74) is 0. The maximum absolute atomic E-state index is 5.52. The fraction of sp³-hybridized carbons (Fsp3) is 1.00. The second-order valence-electron chi connectivity index (χ2n) is 3.48. The number of nitrogens with one attached hydrogen (secondary N) is 1. The number of rotatable bonds is 3. The Hall–Kier alpha value is -0.120. The molecule has 0 aromatic heterocycles. The van der Waals surface area contributed by atoms with Gasteiger partial charge in [0.25, 0.3) is 0 Å². The lowest BCUT2D eigenvalue weighted by molar-refractivity contribution is -0.180. The summed E-state index contributed by atoms with van der Waals surface area (Å²) < 4.78 is 5.52. The summed E-state index contributed by atoms with van der Waals surface area (Å²) in [7, 11) is 2.00. The number of morpholine rings is 1. The minimum absolute atomic E-state index is 0.561. The largest absolute Gasteiger partial charge is 0.372 e. The van der Waals surface area contributed by atoms with E-state index in [1.165, 1.54) is 13.0 Å². The maximum Gasteiger partial charge on any atom is 0.0731 e. The lowest BCUT2D eigenvalue weighted by Gasteiger charge is -2.47. The first-order chi connectivity index (χ1) is 5.38. The molecule has 2 atom stereocenters. The third-order valence-electron chi connectivity index (χ3n) is 2.51. The van der Waals surface area contributed by atoms with Crippen LogP contribution in [-0.4, -0.2) is 50.3 Å². The van der Waals surface area contributed by atoms with Crippen LogP contribution in [0.15, 0.2) is 0 Å². The van der Waals surface area contributed by atoms with Gasteiger partial charge in [-0.05, 0) is 7.05 Å². The third-order valence-corrected chi connectivity index (χ3v) is 2.51. The lowest BCUT2D eigenvalue weighted by atomic mass is 9.99. The van der Waals surface area contributed by atoms with Gasteiger partial charge in [0, 0.05) is 32.6 Å². The highest BCUT2D eigenvalue weighted by molar-refractivity contribution is 4.88. The number of likely N-dealkylation sites (N-methyl/N-ethyl adjacent to an activating group) is 1. The molecule has 64 valence electrons. The van der Waals surface area contributed by atoms with Crippen LogP contribution >= 0.6 is 0 Å². The molecule has 3 heteroatoms. The highest BCUT2D eigenvalue weighted by Crippen LogP contribution is 2.27. The molecule has 0 saturated carbocycles. The SMILES string of the molecule is CNCCN1CC2CC(C1)O2. The van der Waals surface area contributed by atoms with Crippen LogP contribution in [-0.2, 0) is 4.74 Å². The summed E-state index contributed by atoms with van der Waals surface area (Å²) in [6, 6.07) is 0. The lowest BCUT2D eigenvalue weighted by Crippen LogP contribution is -2.57. The van der Waals surface area contributed by atoms with E-state index in [-0.39, 0.29) is 0 Å². The summed E-state index contributed by atoms with van der Waals surface area (Å²) in [5.74, 6) is 0. The molecule has 3 rings (SSSR count). The highest BCUT2D eigenvalue weighted by Gasteiger charge is 2.37. The van der Waals surface area contributed by atoms with Gasteiger partial charge in [0.1, 0.15) is 0 Å². The fourth-order valence-electron chi connectivity index (χ4n) is 1.89. The molecule has 3 fully saturated rings. The van der Waals surface area contributed by atoms with Crippen molar-refractivity contribution in [3.8, 4) is 0 Å². The van der Waals surface area contributed by atoms with Gasteiger partial charge in [-0.2, -0.15) is 0 Å². The molecule has 0 amide bonds. The van der Waals surface area contributed by atoms with Crippen molar-refractivity contribution in [1.29, 1.82) is 0 Å². The van der Waals surface area contributed by atoms with Gasteiger partial charge in [-0.25, -0.2) is 0 Å². The Kier molecular flexibility index (Phi) is 2.11. The van der Waals surface area contributed by atoms with E-state index in [2.05, 4.69) is 10.2 Å². The number of piperidine rings is 1. The van der Waals surface area contributed by atoms with Gasteiger partial charge in [-0.1, -0.05) is 0 Å². The number of ether oxygens (including phenoxy) is 1. The Balaban J connectivity index is 1.70. The molecule has 0 radical (unpaired) electrons. The second kappa shape index (κ2) is 3.09. The van der Waals surface area contributed by atoms with Gasteiger partial charge in [0.15, 0.2) is 0 Å². The summed E-state index contributed by atoms with van der Waals surface area (Å²) in [6.45, 7) is 4.57. The zero-order valence-electron chi connectivity index (χ0n) is 7.05. The zero-order valence-corrected chi connectivity index (χ0v) is 7.05. The van der Waals surface area contributed by atoms with Crippen molar-refractivity contribution in [3.05, 3.63) is 0 Å². The van der Waals surface area contributed by atoms with E-state index in [0.29, 0.717) is 12.2 Å². The third kappa shape index (κ3) is 1.55. The molecule has 0 aromatic carbocycles. The van der Waals surface area contributed by atoms with E-state index in [0.717, 1.165) is 19.6 Å². The van der Waals surface area contributed by atoms with Crippen molar-refractivity contribution in [2.24, 2.45) is 0 Å². The molecule has 11 heavy (non-hydrogen) atoms. The van der Waals surface area contributed by atoms with Crippen LogP contribution in [0, 0.1) is 0 Å². The zero-order chi connectivity index (χ0) is 7.68. The predicted molar refractivity (Wildman–Crippen MR) is 43.6 cm³/mol. The van der Waals surface area contributed by atoms with Gasteiger partial charge in [0.2, 0.25) is 0 Å². The first kappa shape index (κ1) is 7.53. The van der Waals surface area contributed by atoms with Crippen molar-refractivity contribution in [2.45, 2.75) is 18.6 Å². The van der Waals surface area contributed by atoms with E-state index >= 15 is 0 Å². The molecule has 3 heterocycles. The topological polar surface area (TPSA) is 24.5 Å². The van der Waals surface area contributed by atoms with Crippen LogP contribution in [0.5, 0.6) is 0 Å². The summed E-state index contributed by atoms with van der Waals surface area (Å²) in [4.78, 5) is 2.48. The number of hydrogen-bond donors (Lipinski definition) is 1. The number of nitrogens with zero attached hydrogens (tertiary/aromatic N) is 1. The molecule has 3 aliphatic rings. The van der Waals surface area contributed by atoms with Crippen molar-refractivity contribution in [3.63, 3.8) is 0 Å². The quantitative estimate of drug-likeness (QED) is 0.606. The van der Waals surface area contributed by atoms with Gasteiger partial charge in [0.05, 0.1) is 12.2 Å². The Morgan fingerprint density at radius 2 is 2.09 bits per heavy atom. The van der Waals surface area contributed by atoms with Gasteiger partial charge in [-0.3, -0.25) is 4.90 Å². The van der Waals surface area contributed by atoms with Crippen molar-refractivity contribution in [1.82, 2.24) is 10.2 Å². The fourth-order valence-corrected chi connectivity index (χ4v) is 1.89. The van der Waals surface area contributed by atoms with E-state index in [9.17, 15) is 0 Å². The maximum atomic E-state index is 5.52. The predicted octanol–water partition coefficient (Wildman–Crippen LogP) is -0.321. The second-order valence-corrected chi connectivity index (χ2v) is 3.48. The van der Waals surface area contributed by atoms with Crippen LogP contribution in [0.4, 0.5) is 0 Å². The molecule has 3 aliphatic heterocycles. The molecule has 0 aromatic rings. The first-order valence-electron chi connectivity index (χ1n) is 4.41. The standard InChI is InChI=1S/C8H16N2O/c1-9-2-3-10-5-7-4-8(6-10)11-7/h7-9H,2-6H2,1H3. The van der Waals surface area contributed by atoms with Gasteiger partial charge in [-0.15, -0.1) is 0 Å². The average Bonchev–Trinajstić information content (AvgIpc) is 2.00. The Morgan fingerprint density at radius 1 is 1.45 bits per heavy atom. The smallest absolute Gasteiger partial charge is 0.0731 e. The van der Waals surface area contributed by atoms with Crippen LogP contribution in [0.25, 0.3) is 0 Å². The monoisotopic (exact) mass is 156 g/mol. The van der Waals surface area contributed by atoms with E-state index in [1.807, 2.05) is 7.05 Å². The van der Waals surface area contributed by atoms with Crippen molar-refractivity contribution in [2.75, 3.05) is 33.2 Å². The Bertz CT molecular complexity index is 124. The summed E-state index contributed by atoms with van der Waals surface area (Å²) in [6.07, 6.45) is 2.42. The molecule has 1 N–H and O–H groups in total. The average molecular weight is 156 g/mol. The van der Waals surface area contributed by atoms with Crippen LogP contribution in [0.2, 0.25) is 0 Å². The molecule has 2 unspecified atom stereocenters. The van der Waals surface area contributed by atoms with E-state index in [4.69, 9.17) is 4.74 Å². The van der Waals surface area contributed by atoms with Crippen LogP contribution < -0.4 is 5.32 Å². The minimum Gasteiger partial charge on any atom is -0.372 e. The highest BCUT2D eigenvalue weighted by atomic mass is 16.5.